The molecule has 0 saturated carbocycles. The van der Waals surface area contributed by atoms with Gasteiger partial charge in [0, 0.05) is 32.3 Å². The van der Waals surface area contributed by atoms with E-state index in [-0.39, 0.29) is 17.0 Å². The topological polar surface area (TPSA) is 78.6 Å². The number of aromatic nitrogens is 1. The summed E-state index contributed by atoms with van der Waals surface area (Å²) < 4.78 is 7.30. The number of ether oxygens (including phenoxy) is 1. The summed E-state index contributed by atoms with van der Waals surface area (Å²) in [5, 5.41) is 9.70. The third-order valence-electron chi connectivity index (χ3n) is 5.62. The molecule has 0 spiro atoms. The molecule has 0 unspecified atom stereocenters. The van der Waals surface area contributed by atoms with E-state index in [9.17, 15) is 14.9 Å². The van der Waals surface area contributed by atoms with Crippen molar-refractivity contribution in [1.82, 2.24) is 9.47 Å². The highest BCUT2D eigenvalue weighted by Crippen LogP contribution is 2.36. The molecule has 2 saturated heterocycles. The number of thiocarbonyl (C=S) groups is 1. The van der Waals surface area contributed by atoms with Crippen molar-refractivity contribution in [1.29, 1.82) is 5.26 Å². The molecule has 166 valence electrons. The van der Waals surface area contributed by atoms with Crippen LogP contribution in [-0.4, -0.2) is 53.0 Å². The van der Waals surface area contributed by atoms with Gasteiger partial charge in [-0.3, -0.25) is 19.1 Å². The van der Waals surface area contributed by atoms with E-state index in [1.807, 2.05) is 13.0 Å². The number of pyridine rings is 1. The fourth-order valence-electron chi connectivity index (χ4n) is 4.03. The zero-order valence-corrected chi connectivity index (χ0v) is 19.9. The molecule has 0 atom stereocenters. The summed E-state index contributed by atoms with van der Waals surface area (Å²) in [5.41, 5.74) is 1.25. The van der Waals surface area contributed by atoms with Gasteiger partial charge in [-0.05, 0) is 44.2 Å². The molecule has 1 aromatic rings. The second-order valence-corrected chi connectivity index (χ2v) is 9.36. The lowest BCUT2D eigenvalue weighted by Gasteiger charge is -2.33. The number of hydrogen-bond donors (Lipinski definition) is 0. The Morgan fingerprint density at radius 2 is 1.94 bits per heavy atom. The molecule has 1 amide bonds. The number of thioether (sulfide) groups is 1. The van der Waals surface area contributed by atoms with Crippen molar-refractivity contribution < 1.29 is 9.53 Å². The summed E-state index contributed by atoms with van der Waals surface area (Å²) in [5.74, 6) is 0.646. The van der Waals surface area contributed by atoms with Gasteiger partial charge in [0.1, 0.15) is 21.8 Å². The third-order valence-corrected chi connectivity index (χ3v) is 7.00. The number of carbonyl (C=O) groups excluding carboxylic acids is 1. The normalized spacial score (nSPS) is 18.2. The summed E-state index contributed by atoms with van der Waals surface area (Å²) in [6.07, 6.45) is 5.86. The van der Waals surface area contributed by atoms with E-state index in [1.54, 1.807) is 23.5 Å². The Balaban J connectivity index is 2.18. The first kappa shape index (κ1) is 23.5. The van der Waals surface area contributed by atoms with Crippen LogP contribution in [0.15, 0.2) is 9.70 Å². The number of nitriles is 1. The van der Waals surface area contributed by atoms with E-state index in [0.29, 0.717) is 34.5 Å². The first-order valence-electron chi connectivity index (χ1n) is 10.6. The number of anilines is 1. The Kier molecular flexibility index (Phi) is 7.92. The van der Waals surface area contributed by atoms with Gasteiger partial charge < -0.3 is 9.64 Å². The van der Waals surface area contributed by atoms with Crippen LogP contribution in [0.25, 0.3) is 6.08 Å². The molecule has 7 nitrogen and oxygen atoms in total. The van der Waals surface area contributed by atoms with Crippen LogP contribution < -0.4 is 10.5 Å². The smallest absolute Gasteiger partial charge is 0.270 e. The standard InChI is InChI=1S/C22H28N4O3S2/c1-4-8-25-19(24-9-6-5-7-10-24)16(15(2)17(14-23)20(25)27)13-18-21(28)26(11-12-29-3)22(30)31-18/h13H,4-12H2,1-3H3. The Labute approximate surface area is 192 Å². The highest BCUT2D eigenvalue weighted by atomic mass is 32.2. The van der Waals surface area contributed by atoms with Crippen LogP contribution >= 0.6 is 24.0 Å². The Bertz CT molecular complexity index is 1000. The van der Waals surface area contributed by atoms with Gasteiger partial charge in [0.2, 0.25) is 0 Å². The van der Waals surface area contributed by atoms with Gasteiger partial charge in [0.05, 0.1) is 18.1 Å². The molecule has 3 rings (SSSR count). The van der Waals surface area contributed by atoms with Crippen LogP contribution in [0.3, 0.4) is 0 Å². The first-order valence-corrected chi connectivity index (χ1v) is 11.8. The molecule has 0 bridgehead atoms. The molecule has 0 radical (unpaired) electrons. The highest BCUT2D eigenvalue weighted by Gasteiger charge is 2.33. The molecule has 31 heavy (non-hydrogen) atoms. The SMILES string of the molecule is CCCn1c(N2CCCCC2)c(C=C2SC(=S)N(CCOC)C2=O)c(C)c(C#N)c1=O. The molecule has 1 aromatic heterocycles. The second kappa shape index (κ2) is 10.4. The molecule has 9 heteroatoms. The third kappa shape index (κ3) is 4.71. The van der Waals surface area contributed by atoms with Crippen LogP contribution in [0.2, 0.25) is 0 Å². The highest BCUT2D eigenvalue weighted by molar-refractivity contribution is 8.26. The molecular formula is C22H28N4O3S2. The average Bonchev–Trinajstić information content (AvgIpc) is 3.03. The van der Waals surface area contributed by atoms with Gasteiger partial charge in [0.25, 0.3) is 11.5 Å². The van der Waals surface area contributed by atoms with E-state index >= 15 is 0 Å². The Morgan fingerprint density at radius 3 is 2.55 bits per heavy atom. The van der Waals surface area contributed by atoms with Crippen molar-refractivity contribution >= 4 is 46.1 Å². The summed E-state index contributed by atoms with van der Waals surface area (Å²) in [4.78, 5) is 30.4. The number of rotatable bonds is 7. The minimum Gasteiger partial charge on any atom is -0.383 e. The van der Waals surface area contributed by atoms with Crippen molar-refractivity contribution in [2.75, 3.05) is 38.3 Å². The number of methoxy groups -OCH3 is 1. The van der Waals surface area contributed by atoms with E-state index < -0.39 is 0 Å². The zero-order chi connectivity index (χ0) is 22.5. The summed E-state index contributed by atoms with van der Waals surface area (Å²) in [6.45, 7) is 6.83. The van der Waals surface area contributed by atoms with Crippen LogP contribution in [0.1, 0.15) is 49.3 Å². The van der Waals surface area contributed by atoms with E-state index in [2.05, 4.69) is 11.0 Å². The van der Waals surface area contributed by atoms with Gasteiger partial charge in [-0.15, -0.1) is 0 Å². The molecular weight excluding hydrogens is 432 g/mol. The van der Waals surface area contributed by atoms with Crippen LogP contribution in [-0.2, 0) is 16.1 Å². The monoisotopic (exact) mass is 460 g/mol. The van der Waals surface area contributed by atoms with E-state index in [4.69, 9.17) is 17.0 Å². The van der Waals surface area contributed by atoms with Crippen LogP contribution in [0, 0.1) is 18.3 Å². The summed E-state index contributed by atoms with van der Waals surface area (Å²) in [7, 11) is 1.59. The quantitative estimate of drug-likeness (QED) is 0.456. The van der Waals surface area contributed by atoms with Gasteiger partial charge in [-0.2, -0.15) is 5.26 Å². The van der Waals surface area contributed by atoms with E-state index in [0.717, 1.165) is 50.2 Å². The van der Waals surface area contributed by atoms with Crippen LogP contribution in [0.4, 0.5) is 5.82 Å². The van der Waals surface area contributed by atoms with Gasteiger partial charge in [0.15, 0.2) is 0 Å². The predicted molar refractivity (Wildman–Crippen MR) is 128 cm³/mol. The lowest BCUT2D eigenvalue weighted by Crippen LogP contribution is -2.37. The first-order chi connectivity index (χ1) is 14.9. The van der Waals surface area contributed by atoms with Crippen LogP contribution in [0.5, 0.6) is 0 Å². The lowest BCUT2D eigenvalue weighted by molar-refractivity contribution is -0.122. The number of carbonyl (C=O) groups is 1. The maximum atomic E-state index is 13.1. The largest absolute Gasteiger partial charge is 0.383 e. The maximum Gasteiger partial charge on any atom is 0.270 e. The van der Waals surface area contributed by atoms with Gasteiger partial charge >= 0.3 is 0 Å². The minimum absolute atomic E-state index is 0.135. The molecule has 3 heterocycles. The Morgan fingerprint density at radius 1 is 1.23 bits per heavy atom. The Hall–Kier alpha value is -2.15. The molecule has 0 aliphatic carbocycles. The minimum atomic E-state index is -0.257. The molecule has 0 N–H and O–H groups in total. The van der Waals surface area contributed by atoms with Gasteiger partial charge in [-0.1, -0.05) is 30.9 Å². The fraction of sp³-hybridized carbons (Fsp3) is 0.545. The average molecular weight is 461 g/mol. The number of amides is 1. The number of piperidine rings is 1. The number of nitrogens with zero attached hydrogens (tertiary/aromatic N) is 4. The zero-order valence-electron chi connectivity index (χ0n) is 18.3. The lowest BCUT2D eigenvalue weighted by atomic mass is 10.0. The van der Waals surface area contributed by atoms with E-state index in [1.165, 1.54) is 11.8 Å². The molecule has 2 aliphatic heterocycles. The van der Waals surface area contributed by atoms with Crippen molar-refractivity contribution in [2.24, 2.45) is 0 Å². The van der Waals surface area contributed by atoms with Crippen molar-refractivity contribution in [3.8, 4) is 6.07 Å². The maximum absolute atomic E-state index is 13.1. The van der Waals surface area contributed by atoms with Crippen molar-refractivity contribution in [3.63, 3.8) is 0 Å². The molecule has 2 fully saturated rings. The summed E-state index contributed by atoms with van der Waals surface area (Å²) in [6, 6.07) is 2.09. The second-order valence-electron chi connectivity index (χ2n) is 7.68. The molecule has 2 aliphatic rings. The van der Waals surface area contributed by atoms with Gasteiger partial charge in [-0.25, -0.2) is 0 Å². The summed E-state index contributed by atoms with van der Waals surface area (Å²) >= 11 is 6.66. The predicted octanol–water partition coefficient (Wildman–Crippen LogP) is 3.28. The number of hydrogen-bond acceptors (Lipinski definition) is 7. The fourth-order valence-corrected chi connectivity index (χ4v) is 5.32. The van der Waals surface area contributed by atoms with Crippen molar-refractivity contribution in [2.45, 2.75) is 46.1 Å². The molecule has 0 aromatic carbocycles. The van der Waals surface area contributed by atoms with Crippen molar-refractivity contribution in [3.05, 3.63) is 31.9 Å².